The number of amides is 4. The first kappa shape index (κ1) is 29.0. The first-order valence-electron chi connectivity index (χ1n) is 14.7. The molecule has 5 rings (SSSR count). The van der Waals surface area contributed by atoms with Crippen LogP contribution >= 0.6 is 11.3 Å². The van der Waals surface area contributed by atoms with Gasteiger partial charge in [0, 0.05) is 56.9 Å². The second-order valence-corrected chi connectivity index (χ2v) is 11.9. The molecule has 3 heterocycles. The molecule has 11 heteroatoms. The Morgan fingerprint density at radius 2 is 1.90 bits per heavy atom. The monoisotopic (exact) mass is 581 g/mol. The van der Waals surface area contributed by atoms with Crippen LogP contribution in [0.3, 0.4) is 0 Å². The SMILES string of the molecule is CCC(=O)NC[C@@H]1c2c(cccc2OC2CCN(C(=O)c3cncs3)C2)CCN1C(=O)[C@@H]1CCCC[C@@H]1C(=O)NC. The number of rotatable bonds is 8. The summed E-state index contributed by atoms with van der Waals surface area (Å²) in [4.78, 5) is 60.4. The molecule has 3 aliphatic rings. The molecule has 2 fully saturated rings. The molecule has 1 aromatic heterocycles. The van der Waals surface area contributed by atoms with Crippen LogP contribution in [0.4, 0.5) is 0 Å². The van der Waals surface area contributed by atoms with E-state index in [1.54, 1.807) is 30.6 Å². The highest BCUT2D eigenvalue weighted by atomic mass is 32.1. The van der Waals surface area contributed by atoms with Gasteiger partial charge in [-0.25, -0.2) is 0 Å². The van der Waals surface area contributed by atoms with Crippen molar-refractivity contribution in [3.8, 4) is 5.75 Å². The van der Waals surface area contributed by atoms with Crippen LogP contribution in [0.2, 0.25) is 0 Å². The maximum atomic E-state index is 14.1. The zero-order chi connectivity index (χ0) is 28.9. The second kappa shape index (κ2) is 13.0. The first-order chi connectivity index (χ1) is 19.9. The fourth-order valence-corrected chi connectivity index (χ4v) is 7.04. The molecule has 1 aromatic carbocycles. The lowest BCUT2D eigenvalue weighted by molar-refractivity contribution is -0.146. The Bertz CT molecular complexity index is 1270. The Balaban J connectivity index is 1.40. The Morgan fingerprint density at radius 3 is 2.63 bits per heavy atom. The van der Waals surface area contributed by atoms with Crippen molar-refractivity contribution in [2.24, 2.45) is 11.8 Å². The van der Waals surface area contributed by atoms with Gasteiger partial charge in [-0.05, 0) is 30.9 Å². The van der Waals surface area contributed by atoms with Gasteiger partial charge >= 0.3 is 0 Å². The number of nitrogens with zero attached hydrogens (tertiary/aromatic N) is 3. The summed E-state index contributed by atoms with van der Waals surface area (Å²) in [6.07, 6.45) is 6.34. The van der Waals surface area contributed by atoms with Crippen molar-refractivity contribution in [1.82, 2.24) is 25.4 Å². The predicted molar refractivity (Wildman–Crippen MR) is 154 cm³/mol. The summed E-state index contributed by atoms with van der Waals surface area (Å²) in [5.41, 5.74) is 3.65. The number of benzene rings is 1. The number of hydrogen-bond donors (Lipinski definition) is 2. The minimum Gasteiger partial charge on any atom is -0.488 e. The van der Waals surface area contributed by atoms with Crippen molar-refractivity contribution >= 4 is 35.0 Å². The number of likely N-dealkylation sites (tertiary alicyclic amines) is 1. The molecule has 1 unspecified atom stereocenters. The molecule has 2 N–H and O–H groups in total. The number of aromatic nitrogens is 1. The molecular weight excluding hydrogens is 542 g/mol. The van der Waals surface area contributed by atoms with E-state index in [9.17, 15) is 19.2 Å². The second-order valence-electron chi connectivity index (χ2n) is 11.0. The Hall–Kier alpha value is -3.47. The van der Waals surface area contributed by atoms with Gasteiger partial charge in [0.15, 0.2) is 0 Å². The summed E-state index contributed by atoms with van der Waals surface area (Å²) < 4.78 is 6.56. The molecule has 41 heavy (non-hydrogen) atoms. The zero-order valence-electron chi connectivity index (χ0n) is 23.8. The average molecular weight is 582 g/mol. The quantitative estimate of drug-likeness (QED) is 0.495. The number of carbonyl (C=O) groups is 4. The van der Waals surface area contributed by atoms with Gasteiger partial charge in [0.2, 0.25) is 17.7 Å². The molecule has 220 valence electrons. The van der Waals surface area contributed by atoms with Crippen LogP contribution < -0.4 is 15.4 Å². The highest BCUT2D eigenvalue weighted by Crippen LogP contribution is 2.40. The van der Waals surface area contributed by atoms with Gasteiger partial charge in [-0.1, -0.05) is 31.9 Å². The Kier molecular flexibility index (Phi) is 9.22. The van der Waals surface area contributed by atoms with Crippen molar-refractivity contribution in [3.05, 3.63) is 45.9 Å². The largest absolute Gasteiger partial charge is 0.488 e. The fraction of sp³-hybridized carbons (Fsp3) is 0.567. The van der Waals surface area contributed by atoms with Crippen molar-refractivity contribution in [2.75, 3.05) is 33.2 Å². The van der Waals surface area contributed by atoms with Gasteiger partial charge < -0.3 is 25.2 Å². The van der Waals surface area contributed by atoms with Gasteiger partial charge in [-0.15, -0.1) is 11.3 Å². The van der Waals surface area contributed by atoms with Crippen molar-refractivity contribution in [1.29, 1.82) is 0 Å². The van der Waals surface area contributed by atoms with Crippen LogP contribution in [0.25, 0.3) is 0 Å². The van der Waals surface area contributed by atoms with Crippen LogP contribution in [0.1, 0.15) is 72.3 Å². The van der Waals surface area contributed by atoms with E-state index in [1.165, 1.54) is 11.3 Å². The van der Waals surface area contributed by atoms with Crippen molar-refractivity contribution in [2.45, 2.75) is 64.0 Å². The van der Waals surface area contributed by atoms with Gasteiger partial charge in [0.1, 0.15) is 16.7 Å². The Labute approximate surface area is 244 Å². The van der Waals surface area contributed by atoms with Crippen molar-refractivity contribution in [3.63, 3.8) is 0 Å². The third kappa shape index (κ3) is 6.24. The fourth-order valence-electron chi connectivity index (χ4n) is 6.46. The lowest BCUT2D eigenvalue weighted by Crippen LogP contribution is -2.50. The van der Waals surface area contributed by atoms with Crippen LogP contribution in [0.15, 0.2) is 29.9 Å². The molecule has 1 aliphatic carbocycles. The Morgan fingerprint density at radius 1 is 1.10 bits per heavy atom. The standard InChI is InChI=1S/C30H39N5O5S/c1-3-26(36)33-15-23-27-19(11-14-35(23)29(38)22-9-5-4-8-21(22)28(37)31-2)7-6-10-24(27)40-20-12-13-34(17-20)30(39)25-16-32-18-41-25/h6-7,10,16,18,20-23H,3-5,8-9,11-15,17H2,1-2H3,(H,31,37)(H,33,36)/t20?,21-,22+,23+/m0/s1. The number of fused-ring (bicyclic) bond motifs is 1. The van der Waals surface area contributed by atoms with Gasteiger partial charge in [0.25, 0.3) is 5.91 Å². The first-order valence-corrected chi connectivity index (χ1v) is 15.5. The van der Waals surface area contributed by atoms with Gasteiger partial charge in [0.05, 0.1) is 24.3 Å². The molecule has 1 saturated heterocycles. The summed E-state index contributed by atoms with van der Waals surface area (Å²) in [6, 6.07) is 5.52. The highest BCUT2D eigenvalue weighted by Gasteiger charge is 2.42. The number of nitrogens with one attached hydrogen (secondary N) is 2. The van der Waals surface area contributed by atoms with E-state index in [0.29, 0.717) is 62.4 Å². The molecule has 2 aliphatic heterocycles. The number of carbonyl (C=O) groups excluding carboxylic acids is 4. The van der Waals surface area contributed by atoms with E-state index in [2.05, 4.69) is 21.7 Å². The van der Waals surface area contributed by atoms with E-state index in [0.717, 1.165) is 24.0 Å². The zero-order valence-corrected chi connectivity index (χ0v) is 24.6. The molecule has 0 bridgehead atoms. The molecule has 4 amide bonds. The topological polar surface area (TPSA) is 121 Å². The molecule has 1 saturated carbocycles. The molecule has 4 atom stereocenters. The summed E-state index contributed by atoms with van der Waals surface area (Å²) in [5, 5.41) is 5.76. The number of hydrogen-bond acceptors (Lipinski definition) is 7. The average Bonchev–Trinajstić information content (AvgIpc) is 3.72. The lowest BCUT2D eigenvalue weighted by Gasteiger charge is -2.42. The molecule has 10 nitrogen and oxygen atoms in total. The van der Waals surface area contributed by atoms with E-state index in [-0.39, 0.29) is 48.1 Å². The maximum absolute atomic E-state index is 14.1. The highest BCUT2D eigenvalue weighted by molar-refractivity contribution is 7.11. The number of ether oxygens (including phenoxy) is 1. The normalized spacial score (nSPS) is 24.0. The van der Waals surface area contributed by atoms with E-state index in [1.807, 2.05) is 17.0 Å². The van der Waals surface area contributed by atoms with E-state index < -0.39 is 6.04 Å². The van der Waals surface area contributed by atoms with E-state index in [4.69, 9.17) is 4.74 Å². The number of thiazole rings is 1. The van der Waals surface area contributed by atoms with Crippen LogP contribution in [-0.2, 0) is 20.8 Å². The van der Waals surface area contributed by atoms with E-state index >= 15 is 0 Å². The van der Waals surface area contributed by atoms with Crippen LogP contribution in [0.5, 0.6) is 5.75 Å². The molecule has 0 spiro atoms. The van der Waals surface area contributed by atoms with Crippen LogP contribution in [0, 0.1) is 11.8 Å². The summed E-state index contributed by atoms with van der Waals surface area (Å²) in [7, 11) is 1.62. The minimum absolute atomic E-state index is 0.0308. The summed E-state index contributed by atoms with van der Waals surface area (Å²) in [6.45, 7) is 3.65. The summed E-state index contributed by atoms with van der Waals surface area (Å²) in [5.74, 6) is -0.292. The third-order valence-electron chi connectivity index (χ3n) is 8.62. The molecular formula is C30H39N5O5S. The summed E-state index contributed by atoms with van der Waals surface area (Å²) >= 11 is 1.33. The smallest absolute Gasteiger partial charge is 0.265 e. The molecule has 0 radical (unpaired) electrons. The predicted octanol–water partition coefficient (Wildman–Crippen LogP) is 2.94. The van der Waals surface area contributed by atoms with Crippen molar-refractivity contribution < 1.29 is 23.9 Å². The van der Waals surface area contributed by atoms with Gasteiger partial charge in [-0.3, -0.25) is 24.2 Å². The maximum Gasteiger partial charge on any atom is 0.265 e. The van der Waals surface area contributed by atoms with Crippen LogP contribution in [-0.4, -0.2) is 77.7 Å². The third-order valence-corrected chi connectivity index (χ3v) is 9.38. The van der Waals surface area contributed by atoms with Gasteiger partial charge in [-0.2, -0.15) is 0 Å². The lowest BCUT2D eigenvalue weighted by atomic mass is 9.77. The molecule has 2 aromatic rings. The minimum atomic E-state index is -0.415.